The molecule has 1 unspecified atom stereocenters. The van der Waals surface area contributed by atoms with Crippen LogP contribution >= 0.6 is 12.4 Å². The highest BCUT2D eigenvalue weighted by atomic mass is 35.5. The van der Waals surface area contributed by atoms with E-state index in [0.717, 1.165) is 25.3 Å². The summed E-state index contributed by atoms with van der Waals surface area (Å²) >= 11 is 0. The average molecular weight is 229 g/mol. The largest absolute Gasteiger partial charge is 0.329 e. The maximum absolute atomic E-state index is 5.70. The second kappa shape index (κ2) is 6.00. The van der Waals surface area contributed by atoms with Crippen molar-refractivity contribution in [3.8, 4) is 0 Å². The Bertz CT molecular complexity index is 280. The molecule has 0 aliphatic carbocycles. The fourth-order valence-electron chi connectivity index (χ4n) is 1.99. The van der Waals surface area contributed by atoms with Crippen LogP contribution < -0.4 is 5.73 Å². The van der Waals surface area contributed by atoms with E-state index in [2.05, 4.69) is 14.9 Å². The molecule has 0 amide bonds. The van der Waals surface area contributed by atoms with Crippen molar-refractivity contribution in [3.05, 3.63) is 24.3 Å². The maximum Gasteiger partial charge on any atom is 0.0726 e. The van der Waals surface area contributed by atoms with Crippen LogP contribution in [-0.4, -0.2) is 34.0 Å². The van der Waals surface area contributed by atoms with Gasteiger partial charge in [-0.25, -0.2) is 0 Å². The number of nitrogens with two attached hydrogens (primary N) is 1. The first kappa shape index (κ1) is 12.4. The monoisotopic (exact) mass is 228 g/mol. The summed E-state index contributed by atoms with van der Waals surface area (Å²) in [6, 6.07) is 0.539. The van der Waals surface area contributed by atoms with E-state index in [0.29, 0.717) is 6.04 Å². The SMILES string of the molecule is Cl.NCC1CCCN1Cc1cnccn1. The summed E-state index contributed by atoms with van der Waals surface area (Å²) in [5, 5.41) is 0. The average Bonchev–Trinajstić information content (AvgIpc) is 2.67. The lowest BCUT2D eigenvalue weighted by molar-refractivity contribution is 0.247. The zero-order valence-corrected chi connectivity index (χ0v) is 9.49. The molecule has 15 heavy (non-hydrogen) atoms. The van der Waals surface area contributed by atoms with Crippen molar-refractivity contribution in [1.29, 1.82) is 0 Å². The van der Waals surface area contributed by atoms with E-state index in [9.17, 15) is 0 Å². The molecule has 1 aliphatic heterocycles. The Morgan fingerprint density at radius 2 is 2.33 bits per heavy atom. The van der Waals surface area contributed by atoms with Crippen molar-refractivity contribution in [2.75, 3.05) is 13.1 Å². The van der Waals surface area contributed by atoms with Gasteiger partial charge in [0.25, 0.3) is 0 Å². The molecule has 1 saturated heterocycles. The second-order valence-electron chi connectivity index (χ2n) is 3.70. The summed E-state index contributed by atoms with van der Waals surface area (Å²) < 4.78 is 0. The first-order valence-corrected chi connectivity index (χ1v) is 5.09. The molecule has 4 nitrogen and oxygen atoms in total. The number of hydrogen-bond acceptors (Lipinski definition) is 4. The molecule has 0 radical (unpaired) electrons. The van der Waals surface area contributed by atoms with Crippen molar-refractivity contribution in [1.82, 2.24) is 14.9 Å². The smallest absolute Gasteiger partial charge is 0.0726 e. The van der Waals surface area contributed by atoms with Gasteiger partial charge in [0.2, 0.25) is 0 Å². The van der Waals surface area contributed by atoms with Gasteiger partial charge in [-0.3, -0.25) is 14.9 Å². The molecule has 1 fully saturated rings. The Hall–Kier alpha value is -0.710. The van der Waals surface area contributed by atoms with Gasteiger partial charge in [-0.05, 0) is 19.4 Å². The van der Waals surface area contributed by atoms with Gasteiger partial charge in [-0.15, -0.1) is 12.4 Å². The summed E-state index contributed by atoms with van der Waals surface area (Å²) in [6.45, 7) is 2.77. The van der Waals surface area contributed by atoms with Gasteiger partial charge in [-0.2, -0.15) is 0 Å². The third kappa shape index (κ3) is 3.12. The minimum atomic E-state index is 0. The van der Waals surface area contributed by atoms with E-state index in [-0.39, 0.29) is 12.4 Å². The summed E-state index contributed by atoms with van der Waals surface area (Å²) in [4.78, 5) is 10.7. The van der Waals surface area contributed by atoms with Gasteiger partial charge >= 0.3 is 0 Å². The Balaban J connectivity index is 0.00000112. The van der Waals surface area contributed by atoms with Gasteiger partial charge in [0.1, 0.15) is 0 Å². The van der Waals surface area contributed by atoms with Crippen LogP contribution in [-0.2, 0) is 6.54 Å². The number of nitrogens with zero attached hydrogens (tertiary/aromatic N) is 3. The molecule has 0 saturated carbocycles. The maximum atomic E-state index is 5.70. The molecule has 84 valence electrons. The molecular weight excluding hydrogens is 212 g/mol. The zero-order chi connectivity index (χ0) is 9.80. The first-order chi connectivity index (χ1) is 6.90. The number of rotatable bonds is 3. The molecule has 1 aromatic heterocycles. The second-order valence-corrected chi connectivity index (χ2v) is 3.70. The molecule has 2 N–H and O–H groups in total. The van der Waals surface area contributed by atoms with Crippen LogP contribution in [0, 0.1) is 0 Å². The molecule has 2 rings (SSSR count). The molecule has 0 aromatic carbocycles. The quantitative estimate of drug-likeness (QED) is 0.833. The van der Waals surface area contributed by atoms with Crippen molar-refractivity contribution >= 4 is 12.4 Å². The van der Waals surface area contributed by atoms with E-state index in [1.165, 1.54) is 12.8 Å². The van der Waals surface area contributed by atoms with E-state index < -0.39 is 0 Å². The van der Waals surface area contributed by atoms with Crippen molar-refractivity contribution < 1.29 is 0 Å². The lowest BCUT2D eigenvalue weighted by atomic mass is 10.2. The van der Waals surface area contributed by atoms with Gasteiger partial charge in [0, 0.05) is 37.7 Å². The molecule has 5 heteroatoms. The zero-order valence-electron chi connectivity index (χ0n) is 8.67. The fraction of sp³-hybridized carbons (Fsp3) is 0.600. The van der Waals surface area contributed by atoms with E-state index in [1.54, 1.807) is 12.4 Å². The normalized spacial score (nSPS) is 21.3. The van der Waals surface area contributed by atoms with E-state index >= 15 is 0 Å². The topological polar surface area (TPSA) is 55.0 Å². The van der Waals surface area contributed by atoms with Crippen LogP contribution in [0.15, 0.2) is 18.6 Å². The predicted octanol–water partition coefficient (Wildman–Crippen LogP) is 0.821. The molecular formula is C10H17ClN4. The molecule has 1 aliphatic rings. The number of likely N-dealkylation sites (tertiary alicyclic amines) is 1. The standard InChI is InChI=1S/C10H16N4.ClH/c11-6-10-2-1-5-14(10)8-9-7-12-3-4-13-9;/h3-4,7,10H,1-2,5-6,8,11H2;1H. The van der Waals surface area contributed by atoms with Crippen molar-refractivity contribution in [2.24, 2.45) is 5.73 Å². The molecule has 2 heterocycles. The molecule has 0 spiro atoms. The van der Waals surface area contributed by atoms with Gasteiger partial charge in [0.15, 0.2) is 0 Å². The summed E-state index contributed by atoms with van der Waals surface area (Å²) in [5.74, 6) is 0. The Morgan fingerprint density at radius 3 is 3.00 bits per heavy atom. The highest BCUT2D eigenvalue weighted by Crippen LogP contribution is 2.17. The first-order valence-electron chi connectivity index (χ1n) is 5.09. The molecule has 0 bridgehead atoms. The summed E-state index contributed by atoms with van der Waals surface area (Å²) in [6.07, 6.45) is 7.74. The number of halogens is 1. The van der Waals surface area contributed by atoms with Crippen LogP contribution in [0.4, 0.5) is 0 Å². The number of hydrogen-bond donors (Lipinski definition) is 1. The summed E-state index contributed by atoms with van der Waals surface area (Å²) in [7, 11) is 0. The van der Waals surface area contributed by atoms with Crippen LogP contribution in [0.1, 0.15) is 18.5 Å². The van der Waals surface area contributed by atoms with E-state index in [4.69, 9.17) is 5.73 Å². The van der Waals surface area contributed by atoms with Crippen LogP contribution in [0.2, 0.25) is 0 Å². The van der Waals surface area contributed by atoms with Crippen molar-refractivity contribution in [2.45, 2.75) is 25.4 Å². The Labute approximate surface area is 96.3 Å². The Morgan fingerprint density at radius 1 is 1.47 bits per heavy atom. The van der Waals surface area contributed by atoms with Crippen molar-refractivity contribution in [3.63, 3.8) is 0 Å². The minimum absolute atomic E-state index is 0. The lowest BCUT2D eigenvalue weighted by Crippen LogP contribution is -2.35. The number of aromatic nitrogens is 2. The predicted molar refractivity (Wildman–Crippen MR) is 61.8 cm³/mol. The third-order valence-electron chi connectivity index (χ3n) is 2.75. The fourth-order valence-corrected chi connectivity index (χ4v) is 1.99. The highest BCUT2D eigenvalue weighted by molar-refractivity contribution is 5.85. The molecule has 1 atom stereocenters. The molecule has 1 aromatic rings. The summed E-state index contributed by atoms with van der Waals surface area (Å²) in [5.41, 5.74) is 6.74. The third-order valence-corrected chi connectivity index (χ3v) is 2.75. The van der Waals surface area contributed by atoms with E-state index in [1.807, 2.05) is 6.20 Å². The highest BCUT2D eigenvalue weighted by Gasteiger charge is 2.23. The van der Waals surface area contributed by atoms with Gasteiger partial charge < -0.3 is 5.73 Å². The lowest BCUT2D eigenvalue weighted by Gasteiger charge is -2.22. The minimum Gasteiger partial charge on any atom is -0.329 e. The van der Waals surface area contributed by atoms with Crippen LogP contribution in [0.3, 0.4) is 0 Å². The van der Waals surface area contributed by atoms with Gasteiger partial charge in [0.05, 0.1) is 5.69 Å². The van der Waals surface area contributed by atoms with Gasteiger partial charge in [-0.1, -0.05) is 0 Å². The van der Waals surface area contributed by atoms with Crippen LogP contribution in [0.25, 0.3) is 0 Å². The van der Waals surface area contributed by atoms with Crippen LogP contribution in [0.5, 0.6) is 0 Å². The Kier molecular flexibility index (Phi) is 4.94.